The van der Waals surface area contributed by atoms with Gasteiger partial charge in [-0.2, -0.15) is 0 Å². The second-order valence-electron chi connectivity index (χ2n) is 30.2. The average molecular weight is 1330 g/mol. The number of carbonyl (C=O) groups excluding carboxylic acids is 1. The van der Waals surface area contributed by atoms with E-state index in [0.29, 0.717) is 51.4 Å². The van der Waals surface area contributed by atoms with Gasteiger partial charge < -0.3 is 144 Å². The number of aliphatic hydroxyl groups is 17. The summed E-state index contributed by atoms with van der Waals surface area (Å²) in [6.45, 7) is 10.2. The lowest BCUT2D eigenvalue weighted by Crippen LogP contribution is -2.70. The first kappa shape index (κ1) is 71.4. The summed E-state index contributed by atoms with van der Waals surface area (Å²) in [5.41, 5.74) is -5.28. The fourth-order valence-electron chi connectivity index (χ4n) is 18.5. The molecule has 0 spiro atoms. The van der Waals surface area contributed by atoms with Crippen molar-refractivity contribution in [1.29, 1.82) is 0 Å². The summed E-state index contributed by atoms with van der Waals surface area (Å²) in [7, 11) is 0. The molecule has 30 nitrogen and oxygen atoms in total. The Morgan fingerprint density at radius 2 is 1.11 bits per heavy atom. The van der Waals surface area contributed by atoms with Crippen molar-refractivity contribution < 1.29 is 148 Å². The zero-order valence-corrected chi connectivity index (χ0v) is 53.0. The minimum atomic E-state index is -2.18. The highest BCUT2D eigenvalue weighted by atomic mass is 16.8. The Morgan fingerprint density at radius 3 is 1.72 bits per heavy atom. The molecule has 11 aliphatic rings. The molecule has 5 aliphatic carbocycles. The topological polar surface area (TPSA) is 472 Å². The van der Waals surface area contributed by atoms with Crippen LogP contribution in [0.25, 0.3) is 0 Å². The van der Waals surface area contributed by atoms with E-state index in [4.69, 9.17) is 56.8 Å². The highest BCUT2D eigenvalue weighted by Crippen LogP contribution is 2.76. The Hall–Kier alpha value is -1.91. The van der Waals surface area contributed by atoms with Gasteiger partial charge in [-0.25, -0.2) is 0 Å². The van der Waals surface area contributed by atoms with Gasteiger partial charge in [-0.3, -0.25) is 4.79 Å². The molecule has 0 radical (unpaired) electrons. The lowest BCUT2D eigenvalue weighted by molar-refractivity contribution is -0.381. The van der Waals surface area contributed by atoms with Crippen LogP contribution in [0.1, 0.15) is 106 Å². The molecule has 10 fully saturated rings. The van der Waals surface area contributed by atoms with Crippen LogP contribution in [0.15, 0.2) is 11.6 Å². The zero-order chi connectivity index (χ0) is 66.9. The van der Waals surface area contributed by atoms with Crippen molar-refractivity contribution in [1.82, 2.24) is 0 Å². The van der Waals surface area contributed by atoms with E-state index in [2.05, 4.69) is 40.7 Å². The summed E-state index contributed by atoms with van der Waals surface area (Å²) < 4.78 is 71.7. The van der Waals surface area contributed by atoms with E-state index in [-0.39, 0.29) is 29.6 Å². The summed E-state index contributed by atoms with van der Waals surface area (Å²) in [4.78, 5) is 15.6. The Bertz CT molecular complexity index is 2610. The van der Waals surface area contributed by atoms with E-state index >= 15 is 4.79 Å². The molecule has 0 aromatic rings. The van der Waals surface area contributed by atoms with Crippen molar-refractivity contribution in [3.63, 3.8) is 0 Å². The Labute approximate surface area is 532 Å². The molecular formula is C62H100O30. The van der Waals surface area contributed by atoms with Crippen LogP contribution < -0.4 is 0 Å². The molecule has 6 saturated heterocycles. The Kier molecular flexibility index (Phi) is 20.4. The van der Waals surface area contributed by atoms with E-state index in [9.17, 15) is 86.8 Å². The maximum Gasteiger partial charge on any atom is 0.315 e. The maximum atomic E-state index is 15.6. The Balaban J connectivity index is 0.828. The molecular weight excluding hydrogens is 1220 g/mol. The molecule has 0 unspecified atom stereocenters. The third-order valence-corrected chi connectivity index (χ3v) is 24.3. The molecule has 0 aromatic heterocycles. The smallest absolute Gasteiger partial charge is 0.315 e. The number of carbonyl (C=O) groups is 1. The van der Waals surface area contributed by atoms with E-state index in [0.717, 1.165) is 5.57 Å². The van der Waals surface area contributed by atoms with Crippen molar-refractivity contribution in [2.75, 3.05) is 46.2 Å². The molecule has 0 bridgehead atoms. The third-order valence-electron chi connectivity index (χ3n) is 24.3. The molecule has 17 N–H and O–H groups in total. The van der Waals surface area contributed by atoms with Crippen molar-refractivity contribution in [3.05, 3.63) is 11.6 Å². The number of hydrogen-bond acceptors (Lipinski definition) is 30. The lowest BCUT2D eigenvalue weighted by Gasteiger charge is -2.72. The molecule has 0 aromatic carbocycles. The van der Waals surface area contributed by atoms with E-state index < -0.39 is 245 Å². The lowest BCUT2D eigenvalue weighted by atomic mass is 9.33. The number of hydrogen-bond donors (Lipinski definition) is 17. The van der Waals surface area contributed by atoms with Gasteiger partial charge >= 0.3 is 5.97 Å². The van der Waals surface area contributed by atoms with Crippen molar-refractivity contribution in [3.8, 4) is 0 Å². The Morgan fingerprint density at radius 1 is 0.543 bits per heavy atom. The minimum absolute atomic E-state index is 0.0963. The molecule has 92 heavy (non-hydrogen) atoms. The summed E-state index contributed by atoms with van der Waals surface area (Å²) in [6.07, 6.45) is -35.6. The van der Waals surface area contributed by atoms with Crippen LogP contribution in [0.3, 0.4) is 0 Å². The molecule has 0 amide bonds. The number of aliphatic hydroxyl groups excluding tert-OH is 16. The van der Waals surface area contributed by atoms with Crippen molar-refractivity contribution in [2.45, 2.75) is 272 Å². The normalized spacial score (nSPS) is 55.3. The summed E-state index contributed by atoms with van der Waals surface area (Å²) in [5.74, 6) is -1.40. The third kappa shape index (κ3) is 11.9. The van der Waals surface area contributed by atoms with Gasteiger partial charge in [-0.1, -0.05) is 53.2 Å². The van der Waals surface area contributed by atoms with Gasteiger partial charge in [0.15, 0.2) is 37.6 Å². The predicted octanol–water partition coefficient (Wildman–Crippen LogP) is -4.86. The molecule has 11 rings (SSSR count). The first-order valence-corrected chi connectivity index (χ1v) is 32.5. The highest BCUT2D eigenvalue weighted by Gasteiger charge is 2.72. The number of allylic oxidation sites excluding steroid dienone is 2. The average Bonchev–Trinajstić information content (AvgIpc) is 0.734. The van der Waals surface area contributed by atoms with Gasteiger partial charge in [0.25, 0.3) is 0 Å². The number of fused-ring (bicyclic) bond motifs is 7. The predicted molar refractivity (Wildman–Crippen MR) is 305 cm³/mol. The monoisotopic (exact) mass is 1320 g/mol. The van der Waals surface area contributed by atoms with Crippen LogP contribution in [0.2, 0.25) is 0 Å². The number of rotatable bonds is 15. The quantitative estimate of drug-likeness (QED) is 0.0415. The number of esters is 1. The van der Waals surface area contributed by atoms with Crippen molar-refractivity contribution in [2.24, 2.45) is 50.2 Å². The van der Waals surface area contributed by atoms with Crippen LogP contribution in [-0.4, -0.2) is 304 Å². The van der Waals surface area contributed by atoms with Crippen molar-refractivity contribution >= 4 is 5.97 Å². The van der Waals surface area contributed by atoms with Crippen LogP contribution in [0, 0.1) is 50.2 Å². The molecule has 6 heterocycles. The molecule has 35 atom stereocenters. The highest BCUT2D eigenvalue weighted by molar-refractivity contribution is 5.79. The van der Waals surface area contributed by atoms with Crippen LogP contribution >= 0.6 is 0 Å². The van der Waals surface area contributed by atoms with Gasteiger partial charge in [0.05, 0.1) is 70.0 Å². The van der Waals surface area contributed by atoms with E-state index in [1.54, 1.807) is 0 Å². The fourth-order valence-corrected chi connectivity index (χ4v) is 18.5. The molecule has 4 saturated carbocycles. The van der Waals surface area contributed by atoms with Gasteiger partial charge in [0.2, 0.25) is 6.29 Å². The summed E-state index contributed by atoms with van der Waals surface area (Å²) in [6, 6.07) is 0. The van der Waals surface area contributed by atoms with E-state index in [1.165, 1.54) is 6.92 Å². The van der Waals surface area contributed by atoms with Gasteiger partial charge in [-0.05, 0) is 104 Å². The summed E-state index contributed by atoms with van der Waals surface area (Å²) in [5, 5.41) is 187. The number of ether oxygens (including phenoxy) is 12. The molecule has 528 valence electrons. The van der Waals surface area contributed by atoms with Gasteiger partial charge in [-0.15, -0.1) is 0 Å². The summed E-state index contributed by atoms with van der Waals surface area (Å²) >= 11 is 0. The van der Waals surface area contributed by atoms with E-state index in [1.807, 2.05) is 6.92 Å². The van der Waals surface area contributed by atoms with Crippen LogP contribution in [-0.2, 0) is 61.6 Å². The van der Waals surface area contributed by atoms with Gasteiger partial charge in [0, 0.05) is 5.41 Å². The van der Waals surface area contributed by atoms with Gasteiger partial charge in [0.1, 0.15) is 103 Å². The minimum Gasteiger partial charge on any atom is -0.432 e. The SMILES string of the molecule is C[C@H]1O[C@H](O[C@H]2[C@@H](OC(=O)[C@]34CCC(C)(C)C[C@H]3C3=CC[C@H]5[C@]6(C)C[C@@H](O)[C@H](O[C@@H]7O[C@H](CO)[C@H](O)[C@@H](O[C@@H]8OC[C@@H](O)[C@H](O)[C@@H]8O)[C@@H]7O)[C@](C)(CO)[C@H]6CC[C@]5(C)[C@]3(C)CC4)OC[C@@H](O)[C@@H]2O)[C@@H](O)[C@@H](O[C@@H]2OC[C@](O)(CO)[C@@H]2O)[C@H]1O[C@H]1OC[C@@H](O)[C@H](O)[C@H]1O. The largest absolute Gasteiger partial charge is 0.432 e. The second kappa shape index (κ2) is 26.3. The molecule has 30 heteroatoms. The maximum absolute atomic E-state index is 15.6. The first-order valence-electron chi connectivity index (χ1n) is 32.5. The van der Waals surface area contributed by atoms with Crippen LogP contribution in [0.5, 0.6) is 0 Å². The fraction of sp³-hybridized carbons (Fsp3) is 0.952. The molecule has 6 aliphatic heterocycles. The second-order valence-corrected chi connectivity index (χ2v) is 30.2. The zero-order valence-electron chi connectivity index (χ0n) is 53.0. The standard InChI is InChI=1S/C62H100O30/c1-25-43(87-49-39(74)35(70)29(67)19-81-49)45(89-54-47(78)62(80,23-65)24-84-54)42(77)51(85-25)90-46-37(72)31(69)21-83-53(46)92-55(79)61-14-12-56(2,3)16-27(61)26-8-9-34-57(4)17-28(66)48(58(5,22-64)33(57)10-11-60(34,7)59(26,6)13-15-61)91-52-41(76)44(38(73)32(18-63)86-52)88-50-40(75)36(71)30(68)20-82-50/h8,25,27-54,63-78,80H,9-24H2,1-7H3/t25-,27+,28-,29-,30-,31-,32-,33+,34+,35+,36+,37+,38+,39-,40+,41+,42+,43+,44-,45-,46-,47-,48+,49-,50+,51-,52+,53-,54+,57-,58-,59-,60+,61+,62-/m1/s1. The van der Waals surface area contributed by atoms with Crippen LogP contribution in [0.4, 0.5) is 0 Å². The first-order chi connectivity index (χ1) is 43.2.